The Morgan fingerprint density at radius 2 is 1.70 bits per heavy atom. The summed E-state index contributed by atoms with van der Waals surface area (Å²) in [4.78, 5) is 24.4. The summed E-state index contributed by atoms with van der Waals surface area (Å²) in [6.45, 7) is 2.24. The van der Waals surface area contributed by atoms with Crippen molar-refractivity contribution in [1.29, 1.82) is 0 Å². The summed E-state index contributed by atoms with van der Waals surface area (Å²) in [7, 11) is 0. The Morgan fingerprint density at radius 3 is 2.33 bits per heavy atom. The average Bonchev–Trinajstić information content (AvgIpc) is 3.15. The van der Waals surface area contributed by atoms with E-state index in [2.05, 4.69) is 20.8 Å². The minimum Gasteiger partial charge on any atom is -0.325 e. The molecule has 0 saturated heterocycles. The van der Waals surface area contributed by atoms with Crippen molar-refractivity contribution in [3.8, 4) is 0 Å². The summed E-state index contributed by atoms with van der Waals surface area (Å²) < 4.78 is 53.2. The number of carbonyl (C=O) groups excluding carboxylic acids is 2. The van der Waals surface area contributed by atoms with Gasteiger partial charge in [-0.1, -0.05) is 23.9 Å². The van der Waals surface area contributed by atoms with E-state index >= 15 is 0 Å². The van der Waals surface area contributed by atoms with E-state index in [1.165, 1.54) is 30.3 Å². The van der Waals surface area contributed by atoms with Crippen LogP contribution >= 0.6 is 11.8 Å². The second kappa shape index (κ2) is 10.5. The highest BCUT2D eigenvalue weighted by molar-refractivity contribution is 7.99. The lowest BCUT2D eigenvalue weighted by Crippen LogP contribution is -2.18. The Kier molecular flexibility index (Phi) is 7.69. The molecule has 2 amide bonds. The average molecular weight is 481 g/mol. The van der Waals surface area contributed by atoms with Gasteiger partial charge in [0, 0.05) is 12.2 Å². The number of aromatic nitrogens is 3. The van der Waals surface area contributed by atoms with Crippen LogP contribution in [0.25, 0.3) is 0 Å². The Hall–Kier alpha value is -3.41. The van der Waals surface area contributed by atoms with Gasteiger partial charge < -0.3 is 15.2 Å². The van der Waals surface area contributed by atoms with E-state index in [-0.39, 0.29) is 23.5 Å². The Morgan fingerprint density at radius 1 is 1.00 bits per heavy atom. The molecule has 0 aliphatic rings. The Balaban J connectivity index is 1.56. The van der Waals surface area contributed by atoms with Crippen molar-refractivity contribution in [1.82, 2.24) is 14.8 Å². The van der Waals surface area contributed by atoms with Gasteiger partial charge in [0.1, 0.15) is 11.6 Å². The van der Waals surface area contributed by atoms with Gasteiger partial charge in [0.05, 0.1) is 23.4 Å². The van der Waals surface area contributed by atoms with Crippen LogP contribution in [0, 0.1) is 5.82 Å². The first-order valence-electron chi connectivity index (χ1n) is 9.73. The van der Waals surface area contributed by atoms with Crippen LogP contribution in [-0.4, -0.2) is 32.3 Å². The molecule has 1 heterocycles. The van der Waals surface area contributed by atoms with E-state index < -0.39 is 29.4 Å². The fraction of sp³-hybridized carbons (Fsp3) is 0.238. The summed E-state index contributed by atoms with van der Waals surface area (Å²) in [6.07, 6.45) is -4.60. The molecule has 0 unspecified atom stereocenters. The van der Waals surface area contributed by atoms with Crippen molar-refractivity contribution in [3.63, 3.8) is 0 Å². The van der Waals surface area contributed by atoms with Gasteiger partial charge in [-0.25, -0.2) is 4.39 Å². The number of rotatable bonds is 8. The number of alkyl halides is 3. The van der Waals surface area contributed by atoms with Crippen LogP contribution in [0.4, 0.5) is 28.9 Å². The highest BCUT2D eigenvalue weighted by atomic mass is 32.2. The molecule has 0 saturated carbocycles. The highest BCUT2D eigenvalue weighted by Gasteiger charge is 2.30. The molecule has 12 heteroatoms. The van der Waals surface area contributed by atoms with Crippen LogP contribution < -0.4 is 10.6 Å². The summed E-state index contributed by atoms with van der Waals surface area (Å²) in [5.41, 5.74) is -0.520. The number of thioether (sulfide) groups is 1. The van der Waals surface area contributed by atoms with Gasteiger partial charge in [-0.2, -0.15) is 13.2 Å². The van der Waals surface area contributed by atoms with Gasteiger partial charge in [0.25, 0.3) is 0 Å². The predicted octanol–water partition coefficient (Wildman–Crippen LogP) is 4.37. The number of nitrogens with one attached hydrogen (secondary N) is 2. The number of carbonyl (C=O) groups is 2. The number of benzene rings is 2. The normalized spacial score (nSPS) is 11.3. The molecule has 7 nitrogen and oxygen atoms in total. The molecule has 0 radical (unpaired) electrons. The molecule has 0 spiro atoms. The third-order valence-electron chi connectivity index (χ3n) is 4.40. The number of anilines is 2. The first kappa shape index (κ1) is 24.2. The van der Waals surface area contributed by atoms with Crippen molar-refractivity contribution in [2.24, 2.45) is 0 Å². The van der Waals surface area contributed by atoms with Crippen molar-refractivity contribution in [2.45, 2.75) is 31.2 Å². The largest absolute Gasteiger partial charge is 0.416 e. The van der Waals surface area contributed by atoms with Crippen LogP contribution in [-0.2, 0) is 28.7 Å². The second-order valence-corrected chi connectivity index (χ2v) is 7.70. The monoisotopic (exact) mass is 481 g/mol. The molecule has 3 aromatic rings. The SMILES string of the molecule is CCn1c(CC(=O)Nc2ccccc2F)nnc1SCC(=O)Nc1ccc(C(F)(F)F)cc1. The first-order chi connectivity index (χ1) is 15.7. The van der Waals surface area contributed by atoms with E-state index in [4.69, 9.17) is 0 Å². The lowest BCUT2D eigenvalue weighted by atomic mass is 10.2. The van der Waals surface area contributed by atoms with Gasteiger partial charge in [0.2, 0.25) is 11.8 Å². The fourth-order valence-corrected chi connectivity index (χ4v) is 3.67. The molecule has 0 aliphatic carbocycles. The molecule has 0 bridgehead atoms. The zero-order valence-electron chi connectivity index (χ0n) is 17.3. The van der Waals surface area contributed by atoms with E-state index in [0.29, 0.717) is 17.5 Å². The van der Waals surface area contributed by atoms with Gasteiger partial charge in [-0.05, 0) is 43.3 Å². The van der Waals surface area contributed by atoms with Gasteiger partial charge in [-0.15, -0.1) is 10.2 Å². The van der Waals surface area contributed by atoms with Crippen molar-refractivity contribution < 1.29 is 27.2 Å². The molecule has 33 heavy (non-hydrogen) atoms. The molecule has 0 fully saturated rings. The molecule has 1 aromatic heterocycles. The number of para-hydroxylation sites is 1. The van der Waals surface area contributed by atoms with Crippen molar-refractivity contribution >= 4 is 35.0 Å². The summed E-state index contributed by atoms with van der Waals surface area (Å²) in [5.74, 6) is -1.20. The van der Waals surface area contributed by atoms with E-state index in [1.54, 1.807) is 10.6 Å². The second-order valence-electron chi connectivity index (χ2n) is 6.76. The van der Waals surface area contributed by atoms with Crippen LogP contribution in [0.15, 0.2) is 53.7 Å². The third kappa shape index (κ3) is 6.54. The van der Waals surface area contributed by atoms with E-state index in [9.17, 15) is 27.2 Å². The van der Waals surface area contributed by atoms with Gasteiger partial charge in [0.15, 0.2) is 5.16 Å². The summed E-state index contributed by atoms with van der Waals surface area (Å²) >= 11 is 1.07. The summed E-state index contributed by atoms with van der Waals surface area (Å²) in [5, 5.41) is 13.4. The molecule has 3 rings (SSSR count). The lowest BCUT2D eigenvalue weighted by molar-refractivity contribution is -0.137. The van der Waals surface area contributed by atoms with Crippen LogP contribution in [0.1, 0.15) is 18.3 Å². The molecular weight excluding hydrogens is 462 g/mol. The topological polar surface area (TPSA) is 88.9 Å². The first-order valence-corrected chi connectivity index (χ1v) is 10.7. The minimum absolute atomic E-state index is 0.0552. The van der Waals surface area contributed by atoms with Crippen molar-refractivity contribution in [2.75, 3.05) is 16.4 Å². The molecule has 2 aromatic carbocycles. The number of hydrogen-bond donors (Lipinski definition) is 2. The molecule has 174 valence electrons. The minimum atomic E-state index is -4.45. The van der Waals surface area contributed by atoms with E-state index in [0.717, 1.165) is 23.9 Å². The van der Waals surface area contributed by atoms with Gasteiger partial charge >= 0.3 is 6.18 Å². The van der Waals surface area contributed by atoms with Crippen LogP contribution in [0.5, 0.6) is 0 Å². The molecule has 0 atom stereocenters. The quantitative estimate of drug-likeness (QED) is 0.369. The Labute approximate surface area is 190 Å². The fourth-order valence-electron chi connectivity index (χ4n) is 2.84. The highest BCUT2D eigenvalue weighted by Crippen LogP contribution is 2.30. The van der Waals surface area contributed by atoms with Crippen LogP contribution in [0.3, 0.4) is 0 Å². The zero-order chi connectivity index (χ0) is 24.0. The number of halogens is 4. The maximum absolute atomic E-state index is 13.7. The van der Waals surface area contributed by atoms with Crippen molar-refractivity contribution in [3.05, 3.63) is 65.7 Å². The molecular formula is C21H19F4N5O2S. The number of amides is 2. The third-order valence-corrected chi connectivity index (χ3v) is 5.37. The maximum atomic E-state index is 13.7. The van der Waals surface area contributed by atoms with E-state index in [1.807, 2.05) is 6.92 Å². The maximum Gasteiger partial charge on any atom is 0.416 e. The zero-order valence-corrected chi connectivity index (χ0v) is 18.1. The Bertz CT molecular complexity index is 1130. The predicted molar refractivity (Wildman–Crippen MR) is 115 cm³/mol. The standard InChI is InChI=1S/C21H19F4N5O2S/c1-2-30-17(11-18(31)27-16-6-4-3-5-15(16)22)28-29-20(30)33-12-19(32)26-14-9-7-13(8-10-14)21(23,24)25/h3-10H,2,11-12H2,1H3,(H,26,32)(H,27,31). The molecule has 2 N–H and O–H groups in total. The smallest absolute Gasteiger partial charge is 0.325 e. The lowest BCUT2D eigenvalue weighted by Gasteiger charge is -2.10. The summed E-state index contributed by atoms with van der Waals surface area (Å²) in [6, 6.07) is 9.89. The molecule has 0 aliphatic heterocycles. The number of hydrogen-bond acceptors (Lipinski definition) is 5. The van der Waals surface area contributed by atoms with Gasteiger partial charge in [-0.3, -0.25) is 9.59 Å². The van der Waals surface area contributed by atoms with Crippen LogP contribution in [0.2, 0.25) is 0 Å². The number of nitrogens with zero attached hydrogens (tertiary/aromatic N) is 3.